The summed E-state index contributed by atoms with van der Waals surface area (Å²) >= 11 is 0. The van der Waals surface area contributed by atoms with E-state index in [4.69, 9.17) is 0 Å². The third-order valence-corrected chi connectivity index (χ3v) is 6.61. The molecular weight excluding hydrogens is 394 g/mol. The van der Waals surface area contributed by atoms with Crippen LogP contribution in [0.4, 0.5) is 0 Å². The minimum atomic E-state index is -0.781. The van der Waals surface area contributed by atoms with Crippen LogP contribution >= 0.6 is 0 Å². The number of hydrogen-bond donors (Lipinski definition) is 1. The molecule has 2 atom stereocenters. The van der Waals surface area contributed by atoms with Crippen molar-refractivity contribution in [3.05, 3.63) is 59.9 Å². The fraction of sp³-hybridized carbons (Fsp3) is 0.417. The number of benzene rings is 1. The second kappa shape index (κ2) is 11.3. The topological polar surface area (TPSA) is 62.3 Å². The fourth-order valence-corrected chi connectivity index (χ4v) is 4.58. The lowest BCUT2D eigenvalue weighted by Gasteiger charge is -2.30. The SMILES string of the molecule is CNC1CCCN(S(C)=O)C1.O=CCc1cc2cc(C3=CCCC=C3)ccc2cn1. The third kappa shape index (κ3) is 6.17. The van der Waals surface area contributed by atoms with E-state index >= 15 is 0 Å². The van der Waals surface area contributed by atoms with Gasteiger partial charge in [-0.2, -0.15) is 0 Å². The molecule has 160 valence electrons. The van der Waals surface area contributed by atoms with E-state index in [1.54, 1.807) is 6.26 Å². The average molecular weight is 426 g/mol. The largest absolute Gasteiger partial charge is 0.316 e. The third-order valence-electron chi connectivity index (χ3n) is 5.56. The monoisotopic (exact) mass is 425 g/mol. The number of carbonyl (C=O) groups is 1. The Morgan fingerprint density at radius 2 is 2.13 bits per heavy atom. The highest BCUT2D eigenvalue weighted by molar-refractivity contribution is 7.81. The molecule has 1 aliphatic heterocycles. The molecule has 2 unspecified atom stereocenters. The van der Waals surface area contributed by atoms with Gasteiger partial charge in [0.15, 0.2) is 0 Å². The molecule has 1 fully saturated rings. The van der Waals surface area contributed by atoms with Crippen molar-refractivity contribution < 1.29 is 9.00 Å². The number of aldehydes is 1. The zero-order chi connectivity index (χ0) is 21.3. The Morgan fingerprint density at radius 3 is 2.83 bits per heavy atom. The molecule has 0 radical (unpaired) electrons. The molecule has 2 heterocycles. The number of rotatable bonds is 5. The van der Waals surface area contributed by atoms with Crippen LogP contribution in [0.25, 0.3) is 16.3 Å². The molecule has 1 N–H and O–H groups in total. The minimum absolute atomic E-state index is 0.378. The maximum atomic E-state index is 11.1. The fourth-order valence-electron chi connectivity index (χ4n) is 3.80. The Hall–Kier alpha value is -2.15. The number of hydrogen-bond acceptors (Lipinski definition) is 4. The zero-order valence-electron chi connectivity index (χ0n) is 17.8. The van der Waals surface area contributed by atoms with Crippen LogP contribution in [0, 0.1) is 0 Å². The van der Waals surface area contributed by atoms with Gasteiger partial charge in [0.05, 0.1) is 11.0 Å². The van der Waals surface area contributed by atoms with E-state index in [0.29, 0.717) is 12.5 Å². The highest BCUT2D eigenvalue weighted by atomic mass is 32.2. The number of allylic oxidation sites excluding steroid dienone is 4. The average Bonchev–Trinajstić information content (AvgIpc) is 2.80. The quantitative estimate of drug-likeness (QED) is 0.743. The van der Waals surface area contributed by atoms with Gasteiger partial charge in [-0.25, -0.2) is 8.51 Å². The highest BCUT2D eigenvalue weighted by Crippen LogP contribution is 2.25. The summed E-state index contributed by atoms with van der Waals surface area (Å²) in [5.41, 5.74) is 3.33. The molecule has 2 aliphatic rings. The van der Waals surface area contributed by atoms with Gasteiger partial charge >= 0.3 is 0 Å². The van der Waals surface area contributed by atoms with Gasteiger partial charge in [0.25, 0.3) is 0 Å². The summed E-state index contributed by atoms with van der Waals surface area (Å²) in [6.07, 6.45) is 16.1. The van der Waals surface area contributed by atoms with Crippen LogP contribution in [-0.2, 0) is 22.2 Å². The van der Waals surface area contributed by atoms with E-state index in [0.717, 1.165) is 55.1 Å². The molecule has 30 heavy (non-hydrogen) atoms. The number of nitrogens with zero attached hydrogens (tertiary/aromatic N) is 2. The number of pyridine rings is 1. The molecule has 0 spiro atoms. The first kappa shape index (κ1) is 22.5. The molecule has 0 bridgehead atoms. The Bertz CT molecular complexity index is 955. The van der Waals surface area contributed by atoms with Gasteiger partial charge in [0, 0.05) is 49.1 Å². The van der Waals surface area contributed by atoms with Gasteiger partial charge < -0.3 is 10.1 Å². The van der Waals surface area contributed by atoms with Gasteiger partial charge in [-0.05, 0) is 61.4 Å². The molecular formula is C24H31N3O2S. The Labute approximate surface area is 181 Å². The van der Waals surface area contributed by atoms with Crippen LogP contribution in [-0.4, -0.2) is 52.2 Å². The molecule has 0 saturated carbocycles. The molecule has 0 amide bonds. The Morgan fingerprint density at radius 1 is 1.27 bits per heavy atom. The highest BCUT2D eigenvalue weighted by Gasteiger charge is 2.19. The van der Waals surface area contributed by atoms with Gasteiger partial charge in [-0.1, -0.05) is 30.4 Å². The lowest BCUT2D eigenvalue weighted by molar-refractivity contribution is -0.107. The van der Waals surface area contributed by atoms with Crippen LogP contribution in [0.3, 0.4) is 0 Å². The first-order valence-electron chi connectivity index (χ1n) is 10.6. The number of likely N-dealkylation sites (N-methyl/N-ethyl adjacent to an activating group) is 1. The second-order valence-electron chi connectivity index (χ2n) is 7.69. The lowest BCUT2D eigenvalue weighted by atomic mass is 9.97. The number of piperidine rings is 1. The van der Waals surface area contributed by atoms with Crippen molar-refractivity contribution in [3.8, 4) is 0 Å². The summed E-state index contributed by atoms with van der Waals surface area (Å²) in [4.78, 5) is 14.8. The summed E-state index contributed by atoms with van der Waals surface area (Å²) < 4.78 is 13.1. The van der Waals surface area contributed by atoms with Crippen molar-refractivity contribution in [3.63, 3.8) is 0 Å². The van der Waals surface area contributed by atoms with Crippen molar-refractivity contribution in [2.24, 2.45) is 0 Å². The molecule has 6 heteroatoms. The molecule has 1 aliphatic carbocycles. The van der Waals surface area contributed by atoms with Gasteiger partial charge in [0.2, 0.25) is 0 Å². The summed E-state index contributed by atoms with van der Waals surface area (Å²) in [6, 6.07) is 8.93. The van der Waals surface area contributed by atoms with E-state index < -0.39 is 11.0 Å². The van der Waals surface area contributed by atoms with Crippen LogP contribution in [0.2, 0.25) is 0 Å². The van der Waals surface area contributed by atoms with Gasteiger partial charge in [-0.15, -0.1) is 0 Å². The van der Waals surface area contributed by atoms with E-state index in [-0.39, 0.29) is 0 Å². The number of carbonyl (C=O) groups excluding carboxylic acids is 1. The standard InChI is InChI=1S/C17H15NO.C7H16N2OS/c19-9-8-17-11-16-10-14(6-7-15(16)12-18-17)13-4-2-1-3-5-13;1-8-7-4-3-5-9(6-7)11(2)10/h2,4-7,9-12H,1,3,8H2;7-8H,3-6H2,1-2H3. The predicted octanol–water partition coefficient (Wildman–Crippen LogP) is 3.67. The summed E-state index contributed by atoms with van der Waals surface area (Å²) in [5.74, 6) is 0. The summed E-state index contributed by atoms with van der Waals surface area (Å²) in [5, 5.41) is 5.47. The minimum Gasteiger partial charge on any atom is -0.316 e. The van der Waals surface area contributed by atoms with Crippen molar-refractivity contribution in [1.29, 1.82) is 0 Å². The first-order valence-corrected chi connectivity index (χ1v) is 12.1. The predicted molar refractivity (Wildman–Crippen MR) is 126 cm³/mol. The zero-order valence-corrected chi connectivity index (χ0v) is 18.7. The lowest BCUT2D eigenvalue weighted by Crippen LogP contribution is -2.44. The number of fused-ring (bicyclic) bond motifs is 1. The molecule has 1 saturated heterocycles. The molecule has 1 aromatic carbocycles. The Balaban J connectivity index is 0.000000199. The smallest absolute Gasteiger partial charge is 0.125 e. The summed E-state index contributed by atoms with van der Waals surface area (Å²) in [6.45, 7) is 1.92. The van der Waals surface area contributed by atoms with Crippen LogP contribution < -0.4 is 5.32 Å². The molecule has 1 aromatic heterocycles. The van der Waals surface area contributed by atoms with Gasteiger partial charge in [0.1, 0.15) is 6.29 Å². The van der Waals surface area contributed by atoms with Crippen molar-refractivity contribution in [2.75, 3.05) is 26.4 Å². The Kier molecular flexibility index (Phi) is 8.49. The molecule has 4 rings (SSSR count). The van der Waals surface area contributed by atoms with E-state index in [2.05, 4.69) is 46.7 Å². The van der Waals surface area contributed by atoms with E-state index in [1.807, 2.05) is 23.6 Å². The second-order valence-corrected chi connectivity index (χ2v) is 9.05. The summed E-state index contributed by atoms with van der Waals surface area (Å²) in [7, 11) is 1.18. The van der Waals surface area contributed by atoms with E-state index in [1.165, 1.54) is 17.6 Å². The normalized spacial score (nSPS) is 20.2. The first-order chi connectivity index (χ1) is 14.6. The van der Waals surface area contributed by atoms with Gasteiger partial charge in [-0.3, -0.25) is 4.98 Å². The molecule has 2 aromatic rings. The van der Waals surface area contributed by atoms with Crippen molar-refractivity contribution >= 4 is 33.6 Å². The maximum absolute atomic E-state index is 11.1. The number of nitrogens with one attached hydrogen (secondary N) is 1. The van der Waals surface area contributed by atoms with Crippen LogP contribution in [0.15, 0.2) is 48.7 Å². The van der Waals surface area contributed by atoms with E-state index in [9.17, 15) is 9.00 Å². The number of aromatic nitrogens is 1. The van der Waals surface area contributed by atoms with Crippen LogP contribution in [0.5, 0.6) is 0 Å². The maximum Gasteiger partial charge on any atom is 0.125 e. The van der Waals surface area contributed by atoms with Crippen LogP contribution in [0.1, 0.15) is 36.9 Å². The van der Waals surface area contributed by atoms with Crippen molar-refractivity contribution in [2.45, 2.75) is 38.1 Å². The molecule has 5 nitrogen and oxygen atoms in total. The van der Waals surface area contributed by atoms with Crippen molar-refractivity contribution in [1.82, 2.24) is 14.6 Å².